The molecule has 3 aliphatic heterocycles. The first-order valence-electron chi connectivity index (χ1n) is 25.1. The first-order valence-corrected chi connectivity index (χ1v) is 25.1. The van der Waals surface area contributed by atoms with Gasteiger partial charge in [0.05, 0.1) is 30.5 Å². The minimum Gasteiger partial charge on any atom is -0.460 e. The van der Waals surface area contributed by atoms with Crippen molar-refractivity contribution >= 4 is 29.2 Å². The summed E-state index contributed by atoms with van der Waals surface area (Å²) in [5.74, 6) is -7.89. The number of Topliss-reactive ketones (excluding diaryl/α,β-unsaturated/α-hetero) is 3. The maximum Gasteiger partial charge on any atom is 0.329 e. The Morgan fingerprint density at radius 1 is 0.851 bits per heavy atom. The van der Waals surface area contributed by atoms with Crippen molar-refractivity contribution in [1.29, 1.82) is 0 Å². The van der Waals surface area contributed by atoms with Gasteiger partial charge in [0.2, 0.25) is 5.79 Å². The van der Waals surface area contributed by atoms with Gasteiger partial charge in [-0.05, 0) is 120 Å². The van der Waals surface area contributed by atoms with Crippen molar-refractivity contribution in [3.8, 4) is 0 Å². The third-order valence-corrected chi connectivity index (χ3v) is 15.1. The van der Waals surface area contributed by atoms with Crippen LogP contribution in [0.25, 0.3) is 0 Å². The molecule has 2 aliphatic carbocycles. The van der Waals surface area contributed by atoms with Gasteiger partial charge in [0.25, 0.3) is 11.7 Å². The van der Waals surface area contributed by atoms with Crippen molar-refractivity contribution in [2.45, 2.75) is 199 Å². The molecule has 2 saturated heterocycles. The molecule has 67 heavy (non-hydrogen) atoms. The van der Waals surface area contributed by atoms with Gasteiger partial charge in [-0.2, -0.15) is 0 Å². The van der Waals surface area contributed by atoms with Gasteiger partial charge < -0.3 is 43.9 Å². The molecule has 376 valence electrons. The predicted octanol–water partition coefficient (Wildman–Crippen LogP) is 6.71. The van der Waals surface area contributed by atoms with Crippen molar-refractivity contribution < 1.29 is 63.0 Å². The molecular weight excluding hydrogens is 859 g/mol. The Balaban J connectivity index is 1.47. The van der Waals surface area contributed by atoms with Gasteiger partial charge in [0.1, 0.15) is 30.1 Å². The zero-order valence-corrected chi connectivity index (χ0v) is 41.6. The number of fused-ring (bicyclic) bond motifs is 3. The highest BCUT2D eigenvalue weighted by atomic mass is 16.6. The SMILES string of the molecule is CO[C@@H]1C[C@H](CC(C)[C@@H]2CC(=O)[C@H](C)/C=C(\C)[C@@H](O)[C@@H](OC)C(=O)[C@H](C)C[C@H](C)/C=C/C=C/C=C(\C)[C@@H](OC3CC3)C[C@@H]3CC[C@@H](C)[C@@](O)(O3)C(=O)C(=O)N3CCCC[C@H]3C(=O)O2)CC[C@H]1O. The van der Waals surface area contributed by atoms with E-state index in [1.807, 2.05) is 58.1 Å². The van der Waals surface area contributed by atoms with E-state index in [0.717, 1.165) is 24.8 Å². The van der Waals surface area contributed by atoms with Crippen LogP contribution in [0.4, 0.5) is 0 Å². The number of piperidine rings is 1. The normalized spacial score (nSPS) is 40.7. The molecule has 5 rings (SSSR count). The van der Waals surface area contributed by atoms with Crippen LogP contribution in [0.3, 0.4) is 0 Å². The smallest absolute Gasteiger partial charge is 0.329 e. The standard InChI is InChI=1S/C53H81NO13/c1-31-15-11-10-12-16-32(2)44(65-39-21-22-39)29-40-20-18-37(7)53(62,67-40)50(59)51(60)54-24-14-13-17-41(54)52(61)66-45(34(4)27-38-19-23-42(55)46(28-38)63-8)30-43(56)33(3)26-36(6)48(58)49(64-9)47(57)35(5)25-31/h10-12,15-16,26,31,33-35,37-42,44-46,48-49,55,58,62H,13-14,17-25,27-30H2,1-9H3/b12-10+,15-11+,32-16+,36-26+/t31-,33-,34?,35-,37-,38+,40+,41+,42-,44+,45+,46-,48-,49+,53-/m1/s1. The molecule has 0 aromatic rings. The summed E-state index contributed by atoms with van der Waals surface area (Å²) in [5.41, 5.74) is 1.33. The van der Waals surface area contributed by atoms with Crippen molar-refractivity contribution in [2.24, 2.45) is 35.5 Å². The molecule has 2 saturated carbocycles. The molecule has 1 unspecified atom stereocenters. The van der Waals surface area contributed by atoms with Crippen LogP contribution >= 0.6 is 0 Å². The predicted molar refractivity (Wildman–Crippen MR) is 252 cm³/mol. The van der Waals surface area contributed by atoms with E-state index in [9.17, 15) is 39.3 Å². The number of ether oxygens (including phenoxy) is 5. The number of rotatable bonds is 7. The van der Waals surface area contributed by atoms with Gasteiger partial charge in [-0.25, -0.2) is 4.79 Å². The summed E-state index contributed by atoms with van der Waals surface area (Å²) < 4.78 is 30.1. The Kier molecular flexibility index (Phi) is 20.3. The maximum absolute atomic E-state index is 14.4. The van der Waals surface area contributed by atoms with Crippen molar-refractivity contribution in [3.63, 3.8) is 0 Å². The van der Waals surface area contributed by atoms with Crippen LogP contribution in [0, 0.1) is 35.5 Å². The van der Waals surface area contributed by atoms with E-state index in [4.69, 9.17) is 23.7 Å². The Bertz CT molecular complexity index is 1840. The van der Waals surface area contributed by atoms with E-state index in [2.05, 4.69) is 0 Å². The number of allylic oxidation sites excluding steroid dienone is 6. The summed E-state index contributed by atoms with van der Waals surface area (Å²) in [6.45, 7) is 12.9. The van der Waals surface area contributed by atoms with Gasteiger partial charge in [0, 0.05) is 51.4 Å². The molecule has 14 nitrogen and oxygen atoms in total. The number of carbonyl (C=O) groups excluding carboxylic acids is 5. The number of carbonyl (C=O) groups is 5. The first kappa shape index (κ1) is 54.6. The average molecular weight is 940 g/mol. The Labute approximate surface area is 398 Å². The fourth-order valence-electron chi connectivity index (χ4n) is 10.4. The van der Waals surface area contributed by atoms with E-state index in [1.165, 1.54) is 12.0 Å². The van der Waals surface area contributed by atoms with Gasteiger partial charge in [-0.1, -0.05) is 71.1 Å². The molecule has 5 aliphatic rings. The number of cyclic esters (lactones) is 1. The summed E-state index contributed by atoms with van der Waals surface area (Å²) >= 11 is 0. The lowest BCUT2D eigenvalue weighted by molar-refractivity contribution is -0.266. The number of aliphatic hydroxyl groups is 3. The molecule has 0 spiro atoms. The second-order valence-electron chi connectivity index (χ2n) is 20.7. The van der Waals surface area contributed by atoms with E-state index >= 15 is 0 Å². The van der Waals surface area contributed by atoms with E-state index in [-0.39, 0.29) is 67.0 Å². The maximum atomic E-state index is 14.4. The van der Waals surface area contributed by atoms with E-state index in [0.29, 0.717) is 63.4 Å². The fraction of sp³-hybridized carbons (Fsp3) is 0.755. The zero-order chi connectivity index (χ0) is 49.2. The van der Waals surface area contributed by atoms with E-state index in [1.54, 1.807) is 34.0 Å². The molecule has 3 heterocycles. The van der Waals surface area contributed by atoms with Crippen LogP contribution in [-0.4, -0.2) is 131 Å². The second-order valence-corrected chi connectivity index (χ2v) is 20.7. The van der Waals surface area contributed by atoms with Gasteiger partial charge in [-0.15, -0.1) is 0 Å². The molecule has 0 aromatic carbocycles. The van der Waals surface area contributed by atoms with E-state index < -0.39 is 77.8 Å². The Morgan fingerprint density at radius 2 is 1.58 bits per heavy atom. The Hall–Kier alpha value is -3.37. The van der Waals surface area contributed by atoms with Crippen molar-refractivity contribution in [3.05, 3.63) is 47.6 Å². The number of aliphatic hydroxyl groups excluding tert-OH is 2. The molecule has 0 radical (unpaired) electrons. The van der Waals surface area contributed by atoms with Crippen LogP contribution < -0.4 is 0 Å². The zero-order valence-electron chi connectivity index (χ0n) is 41.6. The number of nitrogens with zero attached hydrogens (tertiary/aromatic N) is 1. The topological polar surface area (TPSA) is 195 Å². The molecule has 2 bridgehead atoms. The summed E-state index contributed by atoms with van der Waals surface area (Å²) in [6, 6.07) is -1.14. The summed E-state index contributed by atoms with van der Waals surface area (Å²) in [5, 5.41) is 34.0. The highest BCUT2D eigenvalue weighted by Crippen LogP contribution is 2.39. The number of amides is 1. The minimum absolute atomic E-state index is 0.0232. The highest BCUT2D eigenvalue weighted by molar-refractivity contribution is 6.39. The number of hydrogen-bond acceptors (Lipinski definition) is 13. The largest absolute Gasteiger partial charge is 0.460 e. The minimum atomic E-state index is -2.42. The summed E-state index contributed by atoms with van der Waals surface area (Å²) in [7, 11) is 2.95. The molecule has 1 amide bonds. The van der Waals surface area contributed by atoms with Gasteiger partial charge in [0.15, 0.2) is 5.78 Å². The van der Waals surface area contributed by atoms with Crippen LogP contribution in [0.5, 0.6) is 0 Å². The number of ketones is 3. The number of hydrogen-bond donors (Lipinski definition) is 3. The number of methoxy groups -OCH3 is 2. The van der Waals surface area contributed by atoms with Gasteiger partial charge in [-0.3, -0.25) is 19.2 Å². The molecule has 0 aromatic heterocycles. The second kappa shape index (κ2) is 25.0. The fourth-order valence-corrected chi connectivity index (χ4v) is 10.4. The molecule has 14 heteroatoms. The van der Waals surface area contributed by atoms with Crippen LogP contribution in [0.15, 0.2) is 47.6 Å². The van der Waals surface area contributed by atoms with Crippen LogP contribution in [-0.2, 0) is 47.7 Å². The molecule has 15 atom stereocenters. The monoisotopic (exact) mass is 940 g/mol. The first-order chi connectivity index (χ1) is 31.8. The Morgan fingerprint density at radius 3 is 2.27 bits per heavy atom. The quantitative estimate of drug-likeness (QED) is 0.139. The van der Waals surface area contributed by atoms with Crippen LogP contribution in [0.1, 0.15) is 138 Å². The molecule has 4 fully saturated rings. The molecular formula is C53H81NO13. The van der Waals surface area contributed by atoms with Gasteiger partial charge >= 0.3 is 5.97 Å². The lowest BCUT2D eigenvalue weighted by Gasteiger charge is -2.43. The number of esters is 1. The van der Waals surface area contributed by atoms with Crippen LogP contribution in [0.2, 0.25) is 0 Å². The lowest BCUT2D eigenvalue weighted by Crippen LogP contribution is -2.61. The van der Waals surface area contributed by atoms with Crippen molar-refractivity contribution in [2.75, 3.05) is 20.8 Å². The molecule has 3 N–H and O–H groups in total. The summed E-state index contributed by atoms with van der Waals surface area (Å²) in [6.07, 6.45) is 13.5. The van der Waals surface area contributed by atoms with Crippen molar-refractivity contribution in [1.82, 2.24) is 4.90 Å². The summed E-state index contributed by atoms with van der Waals surface area (Å²) in [4.78, 5) is 72.2. The third kappa shape index (κ3) is 14.6. The highest BCUT2D eigenvalue weighted by Gasteiger charge is 2.53. The average Bonchev–Trinajstić information content (AvgIpc) is 4.13. The third-order valence-electron chi connectivity index (χ3n) is 15.1. The lowest BCUT2D eigenvalue weighted by atomic mass is 9.78.